The van der Waals surface area contributed by atoms with E-state index in [-0.39, 0.29) is 12.4 Å². The Morgan fingerprint density at radius 3 is 2.58 bits per heavy atom. The Kier molecular flexibility index (Phi) is 4.67. The van der Waals surface area contributed by atoms with Crippen LogP contribution in [0.2, 0.25) is 0 Å². The van der Waals surface area contributed by atoms with E-state index in [4.69, 9.17) is 0 Å². The highest BCUT2D eigenvalue weighted by atomic mass is 19.1. The third kappa shape index (κ3) is 3.14. The predicted octanol–water partition coefficient (Wildman–Crippen LogP) is 1.69. The summed E-state index contributed by atoms with van der Waals surface area (Å²) < 4.78 is 17.7. The lowest BCUT2D eigenvalue weighted by atomic mass is 10.2. The minimum absolute atomic E-state index is 0.266. The van der Waals surface area contributed by atoms with Crippen LogP contribution in [0.4, 0.5) is 10.3 Å². The summed E-state index contributed by atoms with van der Waals surface area (Å²) >= 11 is 0. The van der Waals surface area contributed by atoms with E-state index in [0.717, 1.165) is 4.57 Å². The van der Waals surface area contributed by atoms with Crippen LogP contribution in [0.15, 0.2) is 33.9 Å². The summed E-state index contributed by atoms with van der Waals surface area (Å²) in [5.74, 6) is 0.504. The second-order valence-electron chi connectivity index (χ2n) is 6.80. The minimum Gasteiger partial charge on any atom is -0.355 e. The van der Waals surface area contributed by atoms with Gasteiger partial charge >= 0.3 is 5.69 Å². The summed E-state index contributed by atoms with van der Waals surface area (Å²) in [6, 6.07) is 6.20. The normalized spacial score (nSPS) is 11.5. The van der Waals surface area contributed by atoms with Crippen molar-refractivity contribution in [1.82, 2.24) is 18.7 Å². The number of nitrogens with one attached hydrogen (secondary N) is 1. The number of benzene rings is 1. The Morgan fingerprint density at radius 1 is 1.19 bits per heavy atom. The Balaban J connectivity index is 2.24. The van der Waals surface area contributed by atoms with Crippen LogP contribution in [0, 0.1) is 11.7 Å². The maximum absolute atomic E-state index is 13.6. The van der Waals surface area contributed by atoms with Crippen molar-refractivity contribution in [2.75, 3.05) is 11.9 Å². The van der Waals surface area contributed by atoms with Crippen LogP contribution in [-0.2, 0) is 20.6 Å². The van der Waals surface area contributed by atoms with Gasteiger partial charge in [0.2, 0.25) is 5.95 Å². The highest BCUT2D eigenvalue weighted by Gasteiger charge is 2.19. The zero-order valence-electron chi connectivity index (χ0n) is 15.3. The topological polar surface area (TPSA) is 73.8 Å². The number of hydrogen-bond acceptors (Lipinski definition) is 4. The van der Waals surface area contributed by atoms with Crippen LogP contribution in [0.1, 0.15) is 19.4 Å². The molecular weight excluding hydrogens is 337 g/mol. The van der Waals surface area contributed by atoms with Gasteiger partial charge in [-0.2, -0.15) is 4.98 Å². The zero-order chi connectivity index (χ0) is 19.0. The smallest absolute Gasteiger partial charge is 0.332 e. The van der Waals surface area contributed by atoms with Gasteiger partial charge in [0.15, 0.2) is 11.2 Å². The maximum atomic E-state index is 13.6. The van der Waals surface area contributed by atoms with Crippen LogP contribution in [0.25, 0.3) is 11.2 Å². The third-order valence-electron chi connectivity index (χ3n) is 4.25. The summed E-state index contributed by atoms with van der Waals surface area (Å²) in [6.07, 6.45) is 0. The average molecular weight is 359 g/mol. The van der Waals surface area contributed by atoms with E-state index >= 15 is 0 Å². The monoisotopic (exact) mass is 359 g/mol. The molecular formula is C18H22FN5O2. The van der Waals surface area contributed by atoms with Crippen molar-refractivity contribution in [2.45, 2.75) is 20.4 Å². The summed E-state index contributed by atoms with van der Waals surface area (Å²) in [5, 5.41) is 3.22. The molecule has 7 nitrogen and oxygen atoms in total. The van der Waals surface area contributed by atoms with E-state index in [0.29, 0.717) is 35.1 Å². The summed E-state index contributed by atoms with van der Waals surface area (Å²) in [6.45, 7) is 5.03. The summed E-state index contributed by atoms with van der Waals surface area (Å²) in [7, 11) is 3.01. The molecule has 0 aliphatic carbocycles. The van der Waals surface area contributed by atoms with Crippen molar-refractivity contribution in [1.29, 1.82) is 0 Å². The molecule has 8 heteroatoms. The van der Waals surface area contributed by atoms with Crippen molar-refractivity contribution in [3.63, 3.8) is 0 Å². The number of nitrogens with zero attached hydrogens (tertiary/aromatic N) is 4. The molecule has 0 amide bonds. The SMILES string of the molecule is CC(C)CNc1nc2c(c(=O)n(C)c(=O)n2C)n1Cc1cccc(F)c1. The number of fused-ring (bicyclic) bond motifs is 1. The van der Waals surface area contributed by atoms with Gasteiger partial charge in [-0.15, -0.1) is 0 Å². The number of halogens is 1. The molecule has 0 unspecified atom stereocenters. The van der Waals surface area contributed by atoms with E-state index in [9.17, 15) is 14.0 Å². The van der Waals surface area contributed by atoms with Gasteiger partial charge in [0.05, 0.1) is 6.54 Å². The van der Waals surface area contributed by atoms with E-state index in [1.54, 1.807) is 23.7 Å². The van der Waals surface area contributed by atoms with Gasteiger partial charge in [0, 0.05) is 20.6 Å². The largest absolute Gasteiger partial charge is 0.355 e. The average Bonchev–Trinajstić information content (AvgIpc) is 2.95. The molecule has 0 atom stereocenters. The minimum atomic E-state index is -0.437. The molecule has 3 rings (SSSR count). The Labute approximate surface area is 149 Å². The number of aryl methyl sites for hydroxylation is 1. The van der Waals surface area contributed by atoms with Crippen molar-refractivity contribution in [2.24, 2.45) is 20.0 Å². The van der Waals surface area contributed by atoms with E-state index in [1.807, 2.05) is 0 Å². The van der Waals surface area contributed by atoms with Gasteiger partial charge in [-0.1, -0.05) is 26.0 Å². The molecule has 26 heavy (non-hydrogen) atoms. The Bertz CT molecular complexity index is 1080. The van der Waals surface area contributed by atoms with Crippen molar-refractivity contribution < 1.29 is 4.39 Å². The first-order valence-corrected chi connectivity index (χ1v) is 8.44. The second kappa shape index (κ2) is 6.78. The van der Waals surface area contributed by atoms with Crippen molar-refractivity contribution in [3.8, 4) is 0 Å². The lowest BCUT2D eigenvalue weighted by molar-refractivity contribution is 0.623. The molecule has 2 aromatic heterocycles. The fourth-order valence-electron chi connectivity index (χ4n) is 2.85. The molecule has 0 aliphatic rings. The molecule has 1 aromatic carbocycles. The molecule has 0 spiro atoms. The third-order valence-corrected chi connectivity index (χ3v) is 4.25. The number of hydrogen-bond donors (Lipinski definition) is 1. The number of anilines is 1. The van der Waals surface area contributed by atoms with Gasteiger partial charge < -0.3 is 5.32 Å². The fraction of sp³-hybridized carbons (Fsp3) is 0.389. The molecule has 2 heterocycles. The number of imidazole rings is 1. The Hall–Kier alpha value is -2.90. The van der Waals surface area contributed by atoms with Crippen molar-refractivity contribution in [3.05, 3.63) is 56.5 Å². The van der Waals surface area contributed by atoms with Crippen molar-refractivity contribution >= 4 is 17.1 Å². The molecule has 0 radical (unpaired) electrons. The molecule has 0 fully saturated rings. The van der Waals surface area contributed by atoms with Crippen LogP contribution in [0.3, 0.4) is 0 Å². The molecule has 0 saturated carbocycles. The van der Waals surface area contributed by atoms with Gasteiger partial charge in [-0.25, -0.2) is 9.18 Å². The van der Waals surface area contributed by atoms with E-state index < -0.39 is 11.2 Å². The first-order valence-electron chi connectivity index (χ1n) is 8.44. The molecule has 1 N–H and O–H groups in total. The second-order valence-corrected chi connectivity index (χ2v) is 6.80. The number of rotatable bonds is 5. The van der Waals surface area contributed by atoms with Crippen LogP contribution >= 0.6 is 0 Å². The first-order chi connectivity index (χ1) is 12.3. The quantitative estimate of drug-likeness (QED) is 0.752. The summed E-state index contributed by atoms with van der Waals surface area (Å²) in [4.78, 5) is 29.4. The van der Waals surface area contributed by atoms with Gasteiger partial charge in [0.1, 0.15) is 5.82 Å². The molecule has 0 saturated heterocycles. The Morgan fingerprint density at radius 2 is 1.92 bits per heavy atom. The van der Waals surface area contributed by atoms with Crippen LogP contribution < -0.4 is 16.6 Å². The van der Waals surface area contributed by atoms with E-state index in [1.165, 1.54) is 23.7 Å². The summed E-state index contributed by atoms with van der Waals surface area (Å²) in [5.41, 5.74) is 0.455. The first kappa shape index (κ1) is 17.9. The van der Waals surface area contributed by atoms with Crippen LogP contribution in [-0.4, -0.2) is 25.2 Å². The number of aromatic nitrogens is 4. The lowest BCUT2D eigenvalue weighted by Crippen LogP contribution is -2.37. The molecule has 138 valence electrons. The standard InChI is InChI=1S/C18H22FN5O2/c1-11(2)9-20-17-21-15-14(16(25)23(4)18(26)22(15)3)24(17)10-12-6-5-7-13(19)8-12/h5-8,11H,9-10H2,1-4H3,(H,20,21). The van der Waals surface area contributed by atoms with Crippen LogP contribution in [0.5, 0.6) is 0 Å². The fourth-order valence-corrected chi connectivity index (χ4v) is 2.85. The highest BCUT2D eigenvalue weighted by molar-refractivity contribution is 5.74. The van der Waals surface area contributed by atoms with Gasteiger partial charge in [-0.05, 0) is 23.6 Å². The highest BCUT2D eigenvalue weighted by Crippen LogP contribution is 2.18. The predicted molar refractivity (Wildman–Crippen MR) is 99.0 cm³/mol. The molecule has 0 bridgehead atoms. The molecule has 0 aliphatic heterocycles. The maximum Gasteiger partial charge on any atom is 0.332 e. The zero-order valence-corrected chi connectivity index (χ0v) is 15.3. The lowest BCUT2D eigenvalue weighted by Gasteiger charge is -2.12. The molecule has 3 aromatic rings. The van der Waals surface area contributed by atoms with Gasteiger partial charge in [-0.3, -0.25) is 18.5 Å². The van der Waals surface area contributed by atoms with E-state index in [2.05, 4.69) is 24.1 Å². The van der Waals surface area contributed by atoms with Gasteiger partial charge in [0.25, 0.3) is 5.56 Å².